The van der Waals surface area contributed by atoms with E-state index in [2.05, 4.69) is 26.8 Å². The van der Waals surface area contributed by atoms with E-state index in [0.717, 1.165) is 31.0 Å². The van der Waals surface area contributed by atoms with E-state index in [-0.39, 0.29) is 6.29 Å². The molecular formula is C15H24O2. The number of hydrogen-bond acceptors (Lipinski definition) is 2. The molecule has 1 saturated heterocycles. The Morgan fingerprint density at radius 2 is 1.88 bits per heavy atom. The minimum absolute atomic E-state index is 0.0772. The Morgan fingerprint density at radius 3 is 2.47 bits per heavy atom. The Balaban J connectivity index is 1.83. The first-order valence-corrected chi connectivity index (χ1v) is 7.08. The minimum Gasteiger partial charge on any atom is -0.350 e. The zero-order valence-electron chi connectivity index (χ0n) is 11.2. The van der Waals surface area contributed by atoms with Crippen LogP contribution in [0.4, 0.5) is 0 Å². The van der Waals surface area contributed by atoms with E-state index in [0.29, 0.717) is 11.8 Å². The third-order valence-electron chi connectivity index (χ3n) is 5.05. The fourth-order valence-corrected chi connectivity index (χ4v) is 4.08. The molecule has 1 saturated carbocycles. The van der Waals surface area contributed by atoms with Crippen LogP contribution in [0.1, 0.15) is 33.6 Å². The second kappa shape index (κ2) is 4.40. The molecule has 0 amide bonds. The molecule has 0 aromatic carbocycles. The summed E-state index contributed by atoms with van der Waals surface area (Å²) in [5.74, 6) is 3.67. The van der Waals surface area contributed by atoms with Crippen LogP contribution in [0, 0.1) is 29.6 Å². The molecule has 4 rings (SSSR count). The molecule has 2 bridgehead atoms. The van der Waals surface area contributed by atoms with E-state index in [1.165, 1.54) is 12.8 Å². The van der Waals surface area contributed by atoms with Gasteiger partial charge in [-0.3, -0.25) is 0 Å². The lowest BCUT2D eigenvalue weighted by Crippen LogP contribution is -2.44. The lowest BCUT2D eigenvalue weighted by molar-refractivity contribution is -0.122. The molecule has 96 valence electrons. The van der Waals surface area contributed by atoms with Crippen LogP contribution in [0.25, 0.3) is 0 Å². The van der Waals surface area contributed by atoms with Crippen molar-refractivity contribution in [2.24, 2.45) is 29.6 Å². The summed E-state index contributed by atoms with van der Waals surface area (Å²) in [4.78, 5) is 0. The number of fused-ring (bicyclic) bond motifs is 2. The Kier molecular flexibility index (Phi) is 3.04. The van der Waals surface area contributed by atoms with Crippen LogP contribution in [0.5, 0.6) is 0 Å². The van der Waals surface area contributed by atoms with Crippen LogP contribution in [-0.4, -0.2) is 19.5 Å². The molecule has 0 aromatic heterocycles. The van der Waals surface area contributed by atoms with Crippen molar-refractivity contribution in [2.45, 2.75) is 39.9 Å². The lowest BCUT2D eigenvalue weighted by Gasteiger charge is -2.48. The highest BCUT2D eigenvalue weighted by Crippen LogP contribution is 2.51. The monoisotopic (exact) mass is 236 g/mol. The maximum absolute atomic E-state index is 5.76. The van der Waals surface area contributed by atoms with Gasteiger partial charge < -0.3 is 9.47 Å². The second-order valence-corrected chi connectivity index (χ2v) is 6.34. The molecule has 0 N–H and O–H groups in total. The topological polar surface area (TPSA) is 18.5 Å². The third kappa shape index (κ3) is 1.96. The van der Waals surface area contributed by atoms with Gasteiger partial charge in [-0.05, 0) is 43.4 Å². The van der Waals surface area contributed by atoms with Gasteiger partial charge in [0.25, 0.3) is 0 Å². The van der Waals surface area contributed by atoms with E-state index >= 15 is 0 Å². The summed E-state index contributed by atoms with van der Waals surface area (Å²) in [7, 11) is 0. The Labute approximate surface area is 104 Å². The van der Waals surface area contributed by atoms with Crippen LogP contribution in [-0.2, 0) is 9.47 Å². The van der Waals surface area contributed by atoms with Gasteiger partial charge in [-0.15, -0.1) is 0 Å². The van der Waals surface area contributed by atoms with Gasteiger partial charge >= 0.3 is 0 Å². The largest absolute Gasteiger partial charge is 0.350 e. The first kappa shape index (κ1) is 11.7. The Hall–Kier alpha value is -0.340. The summed E-state index contributed by atoms with van der Waals surface area (Å²) >= 11 is 0. The number of hydrogen-bond donors (Lipinski definition) is 0. The van der Waals surface area contributed by atoms with Gasteiger partial charge in [-0.25, -0.2) is 0 Å². The van der Waals surface area contributed by atoms with Crippen LogP contribution < -0.4 is 0 Å². The molecule has 0 radical (unpaired) electrons. The number of ether oxygens (including phenoxy) is 2. The Morgan fingerprint density at radius 1 is 1.18 bits per heavy atom. The molecule has 4 aliphatic rings. The molecule has 2 nitrogen and oxygen atoms in total. The van der Waals surface area contributed by atoms with Gasteiger partial charge in [-0.2, -0.15) is 0 Å². The first-order chi connectivity index (χ1) is 8.16. The van der Waals surface area contributed by atoms with Crippen molar-refractivity contribution in [1.29, 1.82) is 0 Å². The average molecular weight is 236 g/mol. The zero-order valence-corrected chi connectivity index (χ0v) is 11.2. The van der Waals surface area contributed by atoms with Gasteiger partial charge in [0.1, 0.15) is 0 Å². The van der Waals surface area contributed by atoms with Crippen LogP contribution in [0.3, 0.4) is 0 Å². The SMILES string of the molecule is CC1=CC2C(C(C)C)CC1CC2C1OCCO1. The molecule has 17 heavy (non-hydrogen) atoms. The molecule has 3 aliphatic carbocycles. The molecule has 1 heterocycles. The van der Waals surface area contributed by atoms with E-state index in [1.807, 2.05) is 0 Å². The van der Waals surface area contributed by atoms with Gasteiger partial charge in [0.05, 0.1) is 13.2 Å². The summed E-state index contributed by atoms with van der Waals surface area (Å²) in [5, 5.41) is 0. The van der Waals surface area contributed by atoms with Crippen LogP contribution in [0.15, 0.2) is 11.6 Å². The predicted octanol–water partition coefficient (Wildman–Crippen LogP) is 3.23. The summed E-state index contributed by atoms with van der Waals surface area (Å²) in [6.07, 6.45) is 5.26. The van der Waals surface area contributed by atoms with Gasteiger partial charge in [0, 0.05) is 5.92 Å². The fraction of sp³-hybridized carbons (Fsp3) is 0.867. The van der Waals surface area contributed by atoms with E-state index in [4.69, 9.17) is 9.47 Å². The highest BCUT2D eigenvalue weighted by atomic mass is 16.7. The predicted molar refractivity (Wildman–Crippen MR) is 67.5 cm³/mol. The lowest BCUT2D eigenvalue weighted by atomic mass is 9.58. The summed E-state index contributed by atoms with van der Waals surface area (Å²) in [5.41, 5.74) is 1.61. The van der Waals surface area contributed by atoms with Crippen molar-refractivity contribution < 1.29 is 9.47 Å². The standard InChI is InChI=1S/C15H24O2/c1-9(2)12-7-11-8-14(13(12)6-10(11)3)15-16-4-5-17-15/h6,9,11-15H,4-5,7-8H2,1-3H3. The van der Waals surface area contributed by atoms with Gasteiger partial charge in [0.2, 0.25) is 0 Å². The van der Waals surface area contributed by atoms with Crippen LogP contribution in [0.2, 0.25) is 0 Å². The molecular weight excluding hydrogens is 212 g/mol. The maximum Gasteiger partial charge on any atom is 0.161 e. The molecule has 4 unspecified atom stereocenters. The van der Waals surface area contributed by atoms with Gasteiger partial charge in [-0.1, -0.05) is 25.5 Å². The van der Waals surface area contributed by atoms with E-state index in [1.54, 1.807) is 5.57 Å². The van der Waals surface area contributed by atoms with Crippen molar-refractivity contribution in [1.82, 2.24) is 0 Å². The summed E-state index contributed by atoms with van der Waals surface area (Å²) in [6, 6.07) is 0. The van der Waals surface area contributed by atoms with E-state index in [9.17, 15) is 0 Å². The molecule has 2 fully saturated rings. The highest BCUT2D eigenvalue weighted by molar-refractivity contribution is 5.18. The quantitative estimate of drug-likeness (QED) is 0.685. The van der Waals surface area contributed by atoms with Crippen molar-refractivity contribution in [3.63, 3.8) is 0 Å². The van der Waals surface area contributed by atoms with Gasteiger partial charge in [0.15, 0.2) is 6.29 Å². The molecule has 0 aromatic rings. The molecule has 2 heteroatoms. The molecule has 1 aliphatic heterocycles. The van der Waals surface area contributed by atoms with E-state index < -0.39 is 0 Å². The highest BCUT2D eigenvalue weighted by Gasteiger charge is 2.46. The van der Waals surface area contributed by atoms with Crippen molar-refractivity contribution >= 4 is 0 Å². The van der Waals surface area contributed by atoms with Crippen molar-refractivity contribution in [3.8, 4) is 0 Å². The average Bonchev–Trinajstić information content (AvgIpc) is 2.82. The molecule has 0 spiro atoms. The second-order valence-electron chi connectivity index (χ2n) is 6.34. The minimum atomic E-state index is 0.0772. The van der Waals surface area contributed by atoms with Crippen molar-refractivity contribution in [2.75, 3.05) is 13.2 Å². The third-order valence-corrected chi connectivity index (χ3v) is 5.05. The number of allylic oxidation sites excluding steroid dienone is 2. The smallest absolute Gasteiger partial charge is 0.161 e. The number of rotatable bonds is 2. The summed E-state index contributed by atoms with van der Waals surface area (Å²) < 4.78 is 11.5. The molecule has 4 atom stereocenters. The van der Waals surface area contributed by atoms with Crippen molar-refractivity contribution in [3.05, 3.63) is 11.6 Å². The fourth-order valence-electron chi connectivity index (χ4n) is 4.08. The Bertz CT molecular complexity index is 315. The summed E-state index contributed by atoms with van der Waals surface area (Å²) in [6.45, 7) is 8.60. The zero-order chi connectivity index (χ0) is 12.0. The maximum atomic E-state index is 5.76. The normalized spacial score (nSPS) is 42.2. The van der Waals surface area contributed by atoms with Crippen LogP contribution >= 0.6 is 0 Å². The first-order valence-electron chi connectivity index (χ1n) is 7.08.